The van der Waals surface area contributed by atoms with Crippen LogP contribution in [0.3, 0.4) is 0 Å². The highest BCUT2D eigenvalue weighted by Gasteiger charge is 2.36. The number of benzene rings is 2. The molecule has 1 heterocycles. The zero-order valence-electron chi connectivity index (χ0n) is 11.7. The third-order valence-corrected chi connectivity index (χ3v) is 3.88. The summed E-state index contributed by atoms with van der Waals surface area (Å²) in [6.45, 7) is -0.368. The van der Waals surface area contributed by atoms with Crippen LogP contribution in [-0.2, 0) is 9.59 Å². The summed E-state index contributed by atoms with van der Waals surface area (Å²) in [6.07, 6.45) is 0. The fourth-order valence-corrected chi connectivity index (χ4v) is 2.69. The molecular formula is C16H10BrFN2O3. The van der Waals surface area contributed by atoms with E-state index in [2.05, 4.69) is 21.2 Å². The molecule has 0 atom stereocenters. The molecule has 0 spiro atoms. The fourth-order valence-electron chi connectivity index (χ4n) is 2.33. The van der Waals surface area contributed by atoms with Crippen molar-refractivity contribution in [3.63, 3.8) is 0 Å². The molecule has 1 aliphatic rings. The zero-order chi connectivity index (χ0) is 16.6. The molecule has 0 unspecified atom stereocenters. The van der Waals surface area contributed by atoms with Gasteiger partial charge in [-0.3, -0.25) is 19.3 Å². The Morgan fingerprint density at radius 1 is 1.17 bits per heavy atom. The lowest BCUT2D eigenvalue weighted by Crippen LogP contribution is -2.37. The predicted octanol–water partition coefficient (Wildman–Crippen LogP) is 2.76. The summed E-state index contributed by atoms with van der Waals surface area (Å²) < 4.78 is 14.2. The van der Waals surface area contributed by atoms with Crippen LogP contribution in [0.15, 0.2) is 46.9 Å². The highest BCUT2D eigenvalue weighted by molar-refractivity contribution is 9.10. The molecule has 0 aliphatic carbocycles. The number of para-hydroxylation sites is 1. The minimum Gasteiger partial charge on any atom is -0.322 e. The van der Waals surface area contributed by atoms with Gasteiger partial charge in [-0.2, -0.15) is 0 Å². The smallest absolute Gasteiger partial charge is 0.299 e. The van der Waals surface area contributed by atoms with Crippen molar-refractivity contribution in [3.05, 3.63) is 58.3 Å². The Bertz CT molecular complexity index is 838. The van der Waals surface area contributed by atoms with Gasteiger partial charge in [-0.15, -0.1) is 0 Å². The third-order valence-electron chi connectivity index (χ3n) is 3.38. The molecule has 0 radical (unpaired) electrons. The van der Waals surface area contributed by atoms with Crippen molar-refractivity contribution in [2.75, 3.05) is 16.8 Å². The van der Waals surface area contributed by atoms with Gasteiger partial charge in [-0.05, 0) is 30.3 Å². The normalized spacial score (nSPS) is 13.2. The number of halogens is 2. The first-order chi connectivity index (χ1) is 11.0. The standard InChI is InChI=1S/C16H10BrFN2O3/c17-9-5-6-13-10(7-9)15(22)16(23)20(13)8-14(21)19-12-4-2-1-3-11(12)18/h1-7H,8H2,(H,19,21). The van der Waals surface area contributed by atoms with Gasteiger partial charge in [0.05, 0.1) is 16.9 Å². The molecule has 2 amide bonds. The number of ketones is 1. The van der Waals surface area contributed by atoms with Crippen molar-refractivity contribution in [1.29, 1.82) is 0 Å². The topological polar surface area (TPSA) is 66.5 Å². The van der Waals surface area contributed by atoms with Crippen molar-refractivity contribution in [1.82, 2.24) is 0 Å². The first-order valence-corrected chi connectivity index (χ1v) is 7.47. The summed E-state index contributed by atoms with van der Waals surface area (Å²) in [5.74, 6) is -2.61. The molecule has 2 aromatic rings. The van der Waals surface area contributed by atoms with Crippen LogP contribution in [0.5, 0.6) is 0 Å². The van der Waals surface area contributed by atoms with Crippen LogP contribution in [0, 0.1) is 5.82 Å². The van der Waals surface area contributed by atoms with E-state index in [0.29, 0.717) is 10.2 Å². The van der Waals surface area contributed by atoms with E-state index in [9.17, 15) is 18.8 Å². The van der Waals surface area contributed by atoms with Gasteiger partial charge in [0.2, 0.25) is 5.91 Å². The molecule has 116 valence electrons. The van der Waals surface area contributed by atoms with E-state index in [1.807, 2.05) is 0 Å². The summed E-state index contributed by atoms with van der Waals surface area (Å²) in [5, 5.41) is 2.39. The molecule has 23 heavy (non-hydrogen) atoms. The minimum absolute atomic E-state index is 0.0199. The van der Waals surface area contributed by atoms with Gasteiger partial charge in [0.15, 0.2) is 0 Å². The van der Waals surface area contributed by atoms with Crippen molar-refractivity contribution < 1.29 is 18.8 Å². The largest absolute Gasteiger partial charge is 0.322 e. The van der Waals surface area contributed by atoms with Gasteiger partial charge < -0.3 is 5.32 Å². The third kappa shape index (κ3) is 2.87. The number of nitrogens with zero attached hydrogens (tertiary/aromatic N) is 1. The number of fused-ring (bicyclic) bond motifs is 1. The molecule has 0 aromatic heterocycles. The maximum absolute atomic E-state index is 13.5. The Labute approximate surface area is 139 Å². The highest BCUT2D eigenvalue weighted by atomic mass is 79.9. The molecule has 5 nitrogen and oxygen atoms in total. The Balaban J connectivity index is 1.81. The van der Waals surface area contributed by atoms with E-state index >= 15 is 0 Å². The molecule has 3 rings (SSSR count). The van der Waals surface area contributed by atoms with Crippen LogP contribution < -0.4 is 10.2 Å². The number of carbonyl (C=O) groups excluding carboxylic acids is 3. The van der Waals surface area contributed by atoms with Gasteiger partial charge in [0.25, 0.3) is 11.7 Å². The monoisotopic (exact) mass is 376 g/mol. The molecule has 0 bridgehead atoms. The second-order valence-electron chi connectivity index (χ2n) is 4.91. The quantitative estimate of drug-likeness (QED) is 0.837. The molecule has 2 aromatic carbocycles. The van der Waals surface area contributed by atoms with Crippen LogP contribution in [0.25, 0.3) is 0 Å². The lowest BCUT2D eigenvalue weighted by atomic mass is 10.1. The minimum atomic E-state index is -0.776. The number of hydrogen-bond donors (Lipinski definition) is 1. The number of anilines is 2. The van der Waals surface area contributed by atoms with Gasteiger partial charge in [-0.1, -0.05) is 28.1 Å². The first-order valence-electron chi connectivity index (χ1n) is 6.67. The number of nitrogens with one attached hydrogen (secondary N) is 1. The lowest BCUT2D eigenvalue weighted by Gasteiger charge is -2.16. The molecule has 0 saturated heterocycles. The Kier molecular flexibility index (Phi) is 3.96. The molecular weight excluding hydrogens is 367 g/mol. The summed E-state index contributed by atoms with van der Waals surface area (Å²) in [6, 6.07) is 10.5. The SMILES string of the molecule is O=C(CN1C(=O)C(=O)c2cc(Br)ccc21)Nc1ccccc1F. The maximum atomic E-state index is 13.5. The summed E-state index contributed by atoms with van der Waals surface area (Å²) in [7, 11) is 0. The van der Waals surface area contributed by atoms with Gasteiger partial charge in [0.1, 0.15) is 12.4 Å². The summed E-state index contributed by atoms with van der Waals surface area (Å²) >= 11 is 3.23. The van der Waals surface area contributed by atoms with E-state index in [4.69, 9.17) is 0 Å². The van der Waals surface area contributed by atoms with E-state index in [-0.39, 0.29) is 17.8 Å². The lowest BCUT2D eigenvalue weighted by molar-refractivity contribution is -0.118. The van der Waals surface area contributed by atoms with Crippen LogP contribution in [0.2, 0.25) is 0 Å². The van der Waals surface area contributed by atoms with Crippen molar-refractivity contribution in [2.45, 2.75) is 0 Å². The average Bonchev–Trinajstić information content (AvgIpc) is 2.74. The Morgan fingerprint density at radius 2 is 1.91 bits per heavy atom. The molecule has 1 aliphatic heterocycles. The van der Waals surface area contributed by atoms with Crippen LogP contribution >= 0.6 is 15.9 Å². The van der Waals surface area contributed by atoms with Crippen LogP contribution in [0.1, 0.15) is 10.4 Å². The molecule has 7 heteroatoms. The molecule has 1 N–H and O–H groups in total. The van der Waals surface area contributed by atoms with Crippen LogP contribution in [0.4, 0.5) is 15.8 Å². The van der Waals surface area contributed by atoms with E-state index in [1.165, 1.54) is 24.3 Å². The Hall–Kier alpha value is -2.54. The number of hydrogen-bond acceptors (Lipinski definition) is 3. The number of carbonyl (C=O) groups is 3. The van der Waals surface area contributed by atoms with Gasteiger partial charge >= 0.3 is 0 Å². The van der Waals surface area contributed by atoms with E-state index in [1.54, 1.807) is 18.2 Å². The van der Waals surface area contributed by atoms with E-state index < -0.39 is 23.4 Å². The predicted molar refractivity (Wildman–Crippen MR) is 85.9 cm³/mol. The summed E-state index contributed by atoms with van der Waals surface area (Å²) in [4.78, 5) is 37.1. The fraction of sp³-hybridized carbons (Fsp3) is 0.0625. The van der Waals surface area contributed by atoms with Crippen LogP contribution in [-0.4, -0.2) is 24.1 Å². The van der Waals surface area contributed by atoms with Gasteiger partial charge in [0, 0.05) is 4.47 Å². The van der Waals surface area contributed by atoms with E-state index in [0.717, 1.165) is 4.90 Å². The second-order valence-corrected chi connectivity index (χ2v) is 5.83. The van der Waals surface area contributed by atoms with Crippen molar-refractivity contribution in [3.8, 4) is 0 Å². The van der Waals surface area contributed by atoms with Crippen molar-refractivity contribution in [2.24, 2.45) is 0 Å². The molecule has 0 fully saturated rings. The summed E-state index contributed by atoms with van der Waals surface area (Å²) in [5.41, 5.74) is 0.626. The zero-order valence-corrected chi connectivity index (χ0v) is 13.3. The average molecular weight is 377 g/mol. The number of amides is 2. The van der Waals surface area contributed by atoms with Gasteiger partial charge in [-0.25, -0.2) is 4.39 Å². The highest BCUT2D eigenvalue weighted by Crippen LogP contribution is 2.31. The second kappa shape index (κ2) is 5.92. The number of rotatable bonds is 3. The maximum Gasteiger partial charge on any atom is 0.299 e. The molecule has 0 saturated carbocycles. The van der Waals surface area contributed by atoms with Crippen molar-refractivity contribution >= 4 is 44.9 Å². The first kappa shape index (κ1) is 15.4. The number of Topliss-reactive ketones (excluding diaryl/α,β-unsaturated/α-hetero) is 1. The Morgan fingerprint density at radius 3 is 2.65 bits per heavy atom.